The molecule has 4 aliphatic carbocycles. The number of aliphatic hydroxyl groups is 1. The van der Waals surface area contributed by atoms with Crippen LogP contribution in [0.2, 0.25) is 0 Å². The van der Waals surface area contributed by atoms with E-state index in [1.165, 1.54) is 47.3 Å². The molecule has 8 aromatic rings. The van der Waals surface area contributed by atoms with E-state index >= 15 is 0 Å². The fourth-order valence-electron chi connectivity index (χ4n) is 19.8. The van der Waals surface area contributed by atoms with E-state index in [1.807, 2.05) is 85.0 Å². The summed E-state index contributed by atoms with van der Waals surface area (Å²) in [6, 6.07) is 37.9. The molecule has 6 aliphatic heterocycles. The molecule has 10 aliphatic rings. The zero-order valence-corrected chi connectivity index (χ0v) is 85.9. The Morgan fingerprint density at radius 3 is 1.32 bits per heavy atom. The minimum absolute atomic E-state index is 0.0166. The lowest BCUT2D eigenvalue weighted by molar-refractivity contribution is -0.115. The predicted octanol–water partition coefficient (Wildman–Crippen LogP) is 26.6. The van der Waals surface area contributed by atoms with Crippen LogP contribution < -0.4 is 59.9 Å². The second-order valence-electron chi connectivity index (χ2n) is 40.5. The molecule has 8 aromatic carbocycles. The molecule has 780 valence electrons. The average molecular weight is 2020 g/mol. The van der Waals surface area contributed by atoms with Gasteiger partial charge in [-0.3, -0.25) is 28.8 Å². The van der Waals surface area contributed by atoms with Crippen LogP contribution in [0.1, 0.15) is 235 Å². The van der Waals surface area contributed by atoms with Gasteiger partial charge in [0.25, 0.3) is 0 Å². The molecule has 4 saturated carbocycles. The maximum Gasteiger partial charge on any atom is 0.250 e. The third kappa shape index (κ3) is 31.3. The number of amides is 6. The highest BCUT2D eigenvalue weighted by Crippen LogP contribution is 2.47. The van der Waals surface area contributed by atoms with Crippen LogP contribution in [0.5, 0.6) is 34.5 Å². The van der Waals surface area contributed by atoms with Crippen molar-refractivity contribution in [3.63, 3.8) is 0 Å². The Labute approximate surface area is 860 Å². The number of benzene rings is 8. The topological polar surface area (TPSA) is 251 Å². The third-order valence-electron chi connectivity index (χ3n) is 28.3. The fourth-order valence-corrected chi connectivity index (χ4v) is 19.8. The van der Waals surface area contributed by atoms with Gasteiger partial charge in [-0.1, -0.05) is 149 Å². The number of nitrogens with zero attached hydrogens (tertiary/aromatic N) is 1. The van der Waals surface area contributed by atoms with Gasteiger partial charge in [0.05, 0.1) is 64.6 Å². The van der Waals surface area contributed by atoms with Gasteiger partial charge in [0.15, 0.2) is 5.82 Å². The summed E-state index contributed by atoms with van der Waals surface area (Å²) in [5.74, 6) is 1.47. The van der Waals surface area contributed by atoms with Crippen LogP contribution in [0.25, 0.3) is 41.5 Å². The molecule has 0 radical (unpaired) electrons. The van der Waals surface area contributed by atoms with E-state index in [9.17, 15) is 60.2 Å². The first-order valence-electron chi connectivity index (χ1n) is 51.3. The second kappa shape index (κ2) is 51.2. The first-order chi connectivity index (χ1) is 70.3. The van der Waals surface area contributed by atoms with Gasteiger partial charge < -0.3 is 69.7 Å². The normalized spacial score (nSPS) is 21.0. The molecular weight excluding hydrogens is 1880 g/mol. The highest BCUT2D eigenvalue weighted by atomic mass is 19.3. The summed E-state index contributed by atoms with van der Waals surface area (Å²) in [5.41, 5.74) is 17.1. The van der Waals surface area contributed by atoms with Crippen molar-refractivity contribution in [2.45, 2.75) is 238 Å². The Balaban J connectivity index is 0.000000148. The molecule has 6 heterocycles. The van der Waals surface area contributed by atoms with Gasteiger partial charge in [0, 0.05) is 148 Å². The Kier molecular flexibility index (Phi) is 38.6. The molecule has 18 rings (SSSR count). The van der Waals surface area contributed by atoms with E-state index in [1.54, 1.807) is 26.8 Å². The lowest BCUT2D eigenvalue weighted by Crippen LogP contribution is -2.32. The number of alkyl halides is 5. The summed E-state index contributed by atoms with van der Waals surface area (Å²) >= 11 is 0. The van der Waals surface area contributed by atoms with Crippen molar-refractivity contribution in [3.05, 3.63) is 280 Å². The van der Waals surface area contributed by atoms with Crippen molar-refractivity contribution in [2.75, 3.05) is 84.3 Å². The van der Waals surface area contributed by atoms with E-state index in [-0.39, 0.29) is 54.5 Å². The van der Waals surface area contributed by atoms with Gasteiger partial charge in [-0.15, -0.1) is 0 Å². The molecule has 0 saturated heterocycles. The maximum absolute atomic E-state index is 14.5. The molecule has 20 nitrogen and oxygen atoms in total. The Hall–Kier alpha value is -13.5. The van der Waals surface area contributed by atoms with E-state index in [4.69, 9.17) is 33.2 Å². The Morgan fingerprint density at radius 2 is 0.871 bits per heavy atom. The monoisotopic (exact) mass is 2020 g/mol. The Morgan fingerprint density at radius 1 is 0.469 bits per heavy atom. The number of rotatable bonds is 27. The van der Waals surface area contributed by atoms with Crippen LogP contribution in [0.15, 0.2) is 197 Å². The summed E-state index contributed by atoms with van der Waals surface area (Å²) in [7, 11) is 0. The molecular formula is C121H140F6N6O14. The summed E-state index contributed by atoms with van der Waals surface area (Å²) in [5, 5.41) is 23.1. The quantitative estimate of drug-likeness (QED) is 0.0159. The molecule has 0 spiro atoms. The van der Waals surface area contributed by atoms with E-state index in [0.717, 1.165) is 207 Å². The van der Waals surface area contributed by atoms with Crippen LogP contribution in [-0.2, 0) is 78.6 Å². The van der Waals surface area contributed by atoms with E-state index < -0.39 is 40.6 Å². The largest absolute Gasteiger partial charge is 0.493 e. The van der Waals surface area contributed by atoms with Crippen LogP contribution in [0.3, 0.4) is 0 Å². The van der Waals surface area contributed by atoms with Crippen molar-refractivity contribution in [2.24, 2.45) is 23.7 Å². The maximum atomic E-state index is 14.5. The van der Waals surface area contributed by atoms with Crippen LogP contribution in [-0.4, -0.2) is 122 Å². The number of halogens is 6. The molecule has 4 fully saturated rings. The van der Waals surface area contributed by atoms with Crippen molar-refractivity contribution in [1.82, 2.24) is 0 Å². The minimum Gasteiger partial charge on any atom is -0.493 e. The van der Waals surface area contributed by atoms with Gasteiger partial charge in [0.1, 0.15) is 51.5 Å². The third-order valence-corrected chi connectivity index (χ3v) is 28.3. The number of hydrogen-bond acceptors (Lipinski definition) is 14. The summed E-state index contributed by atoms with van der Waals surface area (Å²) in [6.45, 7) is 35.5. The summed E-state index contributed by atoms with van der Waals surface area (Å²) < 4.78 is 124. The van der Waals surface area contributed by atoms with E-state index in [2.05, 4.69) is 153 Å². The zero-order chi connectivity index (χ0) is 105. The number of fused-ring (bicyclic) bond motifs is 6. The molecule has 0 atom stereocenters. The molecule has 6 N–H and O–H groups in total. The van der Waals surface area contributed by atoms with Gasteiger partial charge in [-0.25, -0.2) is 26.3 Å². The molecule has 147 heavy (non-hydrogen) atoms. The smallest absolute Gasteiger partial charge is 0.250 e. The van der Waals surface area contributed by atoms with E-state index in [0.29, 0.717) is 158 Å². The molecule has 0 unspecified atom stereocenters. The lowest BCUT2D eigenvalue weighted by atomic mass is 9.81. The van der Waals surface area contributed by atoms with Crippen LogP contribution >= 0.6 is 0 Å². The second-order valence-corrected chi connectivity index (χ2v) is 40.5. The van der Waals surface area contributed by atoms with Gasteiger partial charge >= 0.3 is 0 Å². The predicted molar refractivity (Wildman–Crippen MR) is 575 cm³/mol. The van der Waals surface area contributed by atoms with Crippen LogP contribution in [0.4, 0.5) is 60.5 Å². The van der Waals surface area contributed by atoms with Gasteiger partial charge in [0.2, 0.25) is 41.4 Å². The number of hydrogen-bond donors (Lipinski definition) is 6. The molecule has 0 aromatic heterocycles. The number of nitrogens with one attached hydrogen (secondary N) is 5. The minimum atomic E-state index is -2.61. The lowest BCUT2D eigenvalue weighted by Gasteiger charge is -2.32. The highest BCUT2D eigenvalue weighted by Gasteiger charge is 2.39. The standard InChI is InChI=1S/C22H28FNO3.C20H25F2NO3.C20H23F2NO2.C20H24FNO2.C20H19NO2.C19H21NO2/c1-3-20(26)24(11-12-25)19-14-17(21-18(15-19)8-13-27-21)5-4-16-6-9-22(2,23)10-7-16;1-3-18(24)23-16-10-13-8-9-25-19(13)14(11-16)12-26-17-6-4-15(5-7-17)20(2,21)22;1-3-17(24)23-16-12-14(19-15(18(16)21)8-11-25-19)5-4-13-6-9-20(2,22)10-7-13;1-3-18(23)22-17-12-15(19-16(13-17)8-11-24-19)5-4-14-6-9-20(2,21)10-7-14;1-3-19(22)21-18-12-16(20-17(13-18)10-11-23-20)9-8-15-6-4-14(2)5-7-15;1-12(2)14-4-6-15(7-5-14)18-11-17(20-13(3)21)10-16-8-9-22-19(16)18/h3-5,14-16,25H,1,6-13H2,2H3;3,10-11,15,17H,1,4-9,12H2,2H3,(H,23,24);3-5,12-13H,1,6-11H2,2H3,(H,23,24);3-5,12-14H,1,6-11H2,2H3,(H,22,23);3-9,12-13H,1,10-11H2,2H3,(H,21,22);4-7,10-12H,8-9H2,1-3H3,(H,20,21)/b5-4+;;2*5-4+;9-8+;. The first-order valence-corrected chi connectivity index (χ1v) is 51.3. The Bertz CT molecular complexity index is 6190. The zero-order valence-electron chi connectivity index (χ0n) is 85.9. The van der Waals surface area contributed by atoms with Gasteiger partial charge in [-0.2, -0.15) is 0 Å². The SMILES string of the molecule is C=CC(=O)N(CCO)c1cc(/C=C/C2CCC(C)(F)CC2)c2c(c1)CCO2.C=CC(=O)Nc1cc(/C=C/C2CCC(C)(F)CC2)c2c(c1)CCO2.C=CC(=O)Nc1cc(/C=C/C2CCC(C)(F)CC2)c2c(c1F)CCO2.C=CC(=O)Nc1cc(/C=C/c2ccc(C)cc2)c2c(c1)CCO2.C=CC(=O)Nc1cc2c(c(COC3CCC(C(C)(F)F)CC3)c1)OCC2.CC(=O)Nc1cc2c(c(-c3ccc(C(C)C)cc3)c1)OCC2. The number of aliphatic hydroxyl groups excluding tert-OH is 1. The highest BCUT2D eigenvalue weighted by molar-refractivity contribution is 6.03. The number of allylic oxidation sites excluding steroid dienone is 3. The number of ether oxygens (including phenoxy) is 7. The number of carbonyl (C=O) groups excluding carboxylic acids is 6. The van der Waals surface area contributed by atoms with Crippen molar-refractivity contribution >= 4 is 99.9 Å². The summed E-state index contributed by atoms with van der Waals surface area (Å²) in [6.07, 6.45) is 38.0. The van der Waals surface area contributed by atoms with Crippen molar-refractivity contribution < 1.29 is 93.4 Å². The number of aryl methyl sites for hydroxylation is 1. The average Bonchev–Trinajstić information content (AvgIpc) is 1.67. The van der Waals surface area contributed by atoms with Crippen molar-refractivity contribution in [1.29, 1.82) is 0 Å². The molecule has 26 heteroatoms. The summed E-state index contributed by atoms with van der Waals surface area (Å²) in [4.78, 5) is 71.2. The number of anilines is 6. The molecule has 6 amide bonds. The fraction of sp³-hybridized carbons (Fsp3) is 0.405. The van der Waals surface area contributed by atoms with Crippen molar-refractivity contribution in [3.8, 4) is 45.6 Å². The van der Waals surface area contributed by atoms with Crippen LogP contribution in [0, 0.1) is 36.4 Å². The van der Waals surface area contributed by atoms with Gasteiger partial charge in [-0.05, 0) is 280 Å². The molecule has 0 bridgehead atoms. The first kappa shape index (κ1) is 111. The number of carbonyl (C=O) groups is 6.